The van der Waals surface area contributed by atoms with Gasteiger partial charge in [0.1, 0.15) is 5.01 Å². The minimum absolute atomic E-state index is 0.539. The van der Waals surface area contributed by atoms with Crippen LogP contribution in [0.2, 0.25) is 0 Å². The Morgan fingerprint density at radius 1 is 1.57 bits per heavy atom. The summed E-state index contributed by atoms with van der Waals surface area (Å²) in [4.78, 5) is 4.21. The van der Waals surface area contributed by atoms with E-state index in [0.717, 1.165) is 35.9 Å². The molecule has 2 heterocycles. The molecule has 78 valence electrons. The Kier molecular flexibility index (Phi) is 3.67. The highest BCUT2D eigenvalue weighted by Crippen LogP contribution is 2.10. The van der Waals surface area contributed by atoms with Gasteiger partial charge in [-0.2, -0.15) is 0 Å². The first kappa shape index (κ1) is 10.3. The summed E-state index contributed by atoms with van der Waals surface area (Å²) >= 11 is 1.68. The molecule has 1 aromatic heterocycles. The third kappa shape index (κ3) is 2.87. The average Bonchev–Trinajstić information content (AvgIpc) is 2.70. The maximum atomic E-state index is 11.1. The summed E-state index contributed by atoms with van der Waals surface area (Å²) in [6.45, 7) is 0.856. The second kappa shape index (κ2) is 5.00. The van der Waals surface area contributed by atoms with E-state index in [1.54, 1.807) is 11.3 Å². The van der Waals surface area contributed by atoms with E-state index in [1.165, 1.54) is 0 Å². The molecule has 1 N–H and O–H groups in total. The van der Waals surface area contributed by atoms with Crippen LogP contribution in [-0.4, -0.2) is 26.7 Å². The summed E-state index contributed by atoms with van der Waals surface area (Å²) in [5.41, 5.74) is 0. The quantitative estimate of drug-likeness (QED) is 0.847. The third-order valence-corrected chi connectivity index (χ3v) is 4.58. The number of hydrogen-bond donors (Lipinski definition) is 1. The Bertz CT molecular complexity index is 290. The van der Waals surface area contributed by atoms with Crippen LogP contribution in [-0.2, 0) is 17.3 Å². The molecule has 1 fully saturated rings. The molecule has 0 unspecified atom stereocenters. The van der Waals surface area contributed by atoms with Crippen LogP contribution < -0.4 is 5.32 Å². The minimum atomic E-state index is -0.554. The van der Waals surface area contributed by atoms with Crippen molar-refractivity contribution >= 4 is 22.1 Å². The van der Waals surface area contributed by atoms with E-state index in [9.17, 15) is 4.21 Å². The maximum absolute atomic E-state index is 11.1. The summed E-state index contributed by atoms with van der Waals surface area (Å²) in [6, 6.07) is 0.539. The molecule has 1 aliphatic rings. The highest BCUT2D eigenvalue weighted by atomic mass is 32.2. The first-order valence-corrected chi connectivity index (χ1v) is 7.18. The van der Waals surface area contributed by atoms with E-state index < -0.39 is 10.8 Å². The molecule has 2 rings (SSSR count). The van der Waals surface area contributed by atoms with Crippen molar-refractivity contribution in [2.45, 2.75) is 25.4 Å². The van der Waals surface area contributed by atoms with Crippen LogP contribution >= 0.6 is 11.3 Å². The second-order valence-electron chi connectivity index (χ2n) is 3.43. The largest absolute Gasteiger partial charge is 0.308 e. The molecule has 0 aromatic carbocycles. The number of hydrogen-bond acceptors (Lipinski definition) is 4. The zero-order chi connectivity index (χ0) is 9.80. The predicted octanol–water partition coefficient (Wildman–Crippen LogP) is 1.14. The number of thiazole rings is 1. The fraction of sp³-hybridized carbons (Fsp3) is 0.667. The van der Waals surface area contributed by atoms with Gasteiger partial charge < -0.3 is 5.32 Å². The van der Waals surface area contributed by atoms with Crippen LogP contribution in [0, 0.1) is 0 Å². The molecule has 0 bridgehead atoms. The van der Waals surface area contributed by atoms with Gasteiger partial charge in [0.25, 0.3) is 0 Å². The standard InChI is InChI=1S/C9H14N2OS2/c12-14-5-1-8(2-6-14)11-7-9-10-3-4-13-9/h3-4,8,11H,1-2,5-7H2. The topological polar surface area (TPSA) is 42.0 Å². The molecular formula is C9H14N2OS2. The number of aromatic nitrogens is 1. The van der Waals surface area contributed by atoms with E-state index in [0.29, 0.717) is 6.04 Å². The monoisotopic (exact) mass is 230 g/mol. The Balaban J connectivity index is 1.73. The molecule has 0 atom stereocenters. The van der Waals surface area contributed by atoms with Gasteiger partial charge in [0.15, 0.2) is 0 Å². The van der Waals surface area contributed by atoms with Gasteiger partial charge in [0.2, 0.25) is 0 Å². The van der Waals surface area contributed by atoms with Gasteiger partial charge in [0.05, 0.1) is 0 Å². The van der Waals surface area contributed by atoms with Crippen LogP contribution in [0.5, 0.6) is 0 Å². The molecule has 5 heteroatoms. The molecule has 3 nitrogen and oxygen atoms in total. The average molecular weight is 230 g/mol. The van der Waals surface area contributed by atoms with E-state index in [2.05, 4.69) is 10.3 Å². The smallest absolute Gasteiger partial charge is 0.106 e. The second-order valence-corrected chi connectivity index (χ2v) is 6.10. The van der Waals surface area contributed by atoms with Gasteiger partial charge in [0, 0.05) is 46.5 Å². The summed E-state index contributed by atoms with van der Waals surface area (Å²) in [7, 11) is -0.554. The van der Waals surface area contributed by atoms with Crippen molar-refractivity contribution in [1.29, 1.82) is 0 Å². The van der Waals surface area contributed by atoms with Crippen molar-refractivity contribution < 1.29 is 4.21 Å². The summed E-state index contributed by atoms with van der Waals surface area (Å²) in [5, 5.41) is 6.59. The van der Waals surface area contributed by atoms with E-state index in [-0.39, 0.29) is 0 Å². The molecule has 14 heavy (non-hydrogen) atoms. The molecular weight excluding hydrogens is 216 g/mol. The van der Waals surface area contributed by atoms with Crippen molar-refractivity contribution in [3.05, 3.63) is 16.6 Å². The van der Waals surface area contributed by atoms with Gasteiger partial charge in [-0.15, -0.1) is 11.3 Å². The zero-order valence-electron chi connectivity index (χ0n) is 7.94. The fourth-order valence-electron chi connectivity index (χ4n) is 1.57. The lowest BCUT2D eigenvalue weighted by Crippen LogP contribution is -2.35. The Morgan fingerprint density at radius 2 is 2.36 bits per heavy atom. The lowest BCUT2D eigenvalue weighted by atomic mass is 10.1. The van der Waals surface area contributed by atoms with Crippen LogP contribution in [0.25, 0.3) is 0 Å². The highest BCUT2D eigenvalue weighted by Gasteiger charge is 2.17. The summed E-state index contributed by atoms with van der Waals surface area (Å²) in [6.07, 6.45) is 3.91. The van der Waals surface area contributed by atoms with Crippen LogP contribution in [0.3, 0.4) is 0 Å². The maximum Gasteiger partial charge on any atom is 0.106 e. The normalized spacial score (nSPS) is 27.7. The van der Waals surface area contributed by atoms with Crippen molar-refractivity contribution in [3.63, 3.8) is 0 Å². The van der Waals surface area contributed by atoms with Crippen molar-refractivity contribution in [3.8, 4) is 0 Å². The Morgan fingerprint density at radius 3 is 3.00 bits per heavy atom. The van der Waals surface area contributed by atoms with Crippen LogP contribution in [0.15, 0.2) is 11.6 Å². The zero-order valence-corrected chi connectivity index (χ0v) is 9.57. The molecule has 1 saturated heterocycles. The lowest BCUT2D eigenvalue weighted by Gasteiger charge is -2.21. The highest BCUT2D eigenvalue weighted by molar-refractivity contribution is 7.85. The fourth-order valence-corrected chi connectivity index (χ4v) is 3.44. The van der Waals surface area contributed by atoms with Gasteiger partial charge >= 0.3 is 0 Å². The molecule has 1 aliphatic heterocycles. The molecule has 0 spiro atoms. The first-order chi connectivity index (χ1) is 6.84. The molecule has 0 radical (unpaired) electrons. The van der Waals surface area contributed by atoms with E-state index in [4.69, 9.17) is 0 Å². The number of nitrogens with one attached hydrogen (secondary N) is 1. The van der Waals surface area contributed by atoms with E-state index in [1.807, 2.05) is 11.6 Å². The molecule has 1 aromatic rings. The van der Waals surface area contributed by atoms with Gasteiger partial charge in [-0.1, -0.05) is 0 Å². The van der Waals surface area contributed by atoms with Gasteiger partial charge in [-0.25, -0.2) is 4.98 Å². The molecule has 0 saturated carbocycles. The van der Waals surface area contributed by atoms with Crippen molar-refractivity contribution in [2.75, 3.05) is 11.5 Å². The number of rotatable bonds is 3. The van der Waals surface area contributed by atoms with Gasteiger partial charge in [-0.3, -0.25) is 4.21 Å². The van der Waals surface area contributed by atoms with Crippen LogP contribution in [0.4, 0.5) is 0 Å². The summed E-state index contributed by atoms with van der Waals surface area (Å²) in [5.74, 6) is 1.71. The lowest BCUT2D eigenvalue weighted by molar-refractivity contribution is 0.474. The van der Waals surface area contributed by atoms with Crippen LogP contribution in [0.1, 0.15) is 17.8 Å². The van der Waals surface area contributed by atoms with Crippen molar-refractivity contribution in [2.24, 2.45) is 0 Å². The third-order valence-electron chi connectivity index (χ3n) is 2.41. The Labute approximate surface area is 90.4 Å². The summed E-state index contributed by atoms with van der Waals surface area (Å²) < 4.78 is 11.1. The SMILES string of the molecule is O=S1CCC(NCc2nccs2)CC1. The first-order valence-electron chi connectivity index (χ1n) is 4.81. The van der Waals surface area contributed by atoms with E-state index >= 15 is 0 Å². The van der Waals surface area contributed by atoms with Gasteiger partial charge in [-0.05, 0) is 12.8 Å². The minimum Gasteiger partial charge on any atom is -0.308 e. The number of nitrogens with zero attached hydrogens (tertiary/aromatic N) is 1. The van der Waals surface area contributed by atoms with Crippen molar-refractivity contribution in [1.82, 2.24) is 10.3 Å². The molecule has 0 amide bonds. The Hall–Kier alpha value is -0.260. The molecule has 0 aliphatic carbocycles. The predicted molar refractivity (Wildman–Crippen MR) is 59.9 cm³/mol.